The summed E-state index contributed by atoms with van der Waals surface area (Å²) < 4.78 is 25.7. The van der Waals surface area contributed by atoms with Gasteiger partial charge in [-0.3, -0.25) is 0 Å². The predicted molar refractivity (Wildman–Crippen MR) is 107 cm³/mol. The first kappa shape index (κ1) is 18.5. The van der Waals surface area contributed by atoms with Crippen LogP contribution >= 0.6 is 11.3 Å². The van der Waals surface area contributed by atoms with E-state index >= 15 is 0 Å². The molecule has 0 aliphatic rings. The number of nitrogens with zero attached hydrogens (tertiary/aromatic N) is 3. The molecule has 2 aromatic carbocycles. The highest BCUT2D eigenvalue weighted by Gasteiger charge is 2.16. The molecule has 0 fully saturated rings. The summed E-state index contributed by atoms with van der Waals surface area (Å²) in [5, 5.41) is 9.86. The Morgan fingerprint density at radius 2 is 2.00 bits per heavy atom. The molecule has 0 radical (unpaired) electrons. The average molecular weight is 399 g/mol. The van der Waals surface area contributed by atoms with E-state index in [1.165, 1.54) is 17.4 Å². The first-order chi connectivity index (χ1) is 13.5. The maximum atomic E-state index is 14.4. The van der Waals surface area contributed by atoms with Gasteiger partial charge in [0.2, 0.25) is 5.88 Å². The van der Waals surface area contributed by atoms with Gasteiger partial charge in [-0.25, -0.2) is 19.3 Å². The molecule has 0 saturated carbocycles. The van der Waals surface area contributed by atoms with Gasteiger partial charge in [-0.15, -0.1) is 11.3 Å². The lowest BCUT2D eigenvalue weighted by atomic mass is 10.1. The SMILES string of the molecule is COc1cnc2c(-c3nc4cc(F)c(O[C@@H](C)CO)cc4s3)cc(C)cc2n1. The molecule has 0 aliphatic carbocycles. The van der Waals surface area contributed by atoms with E-state index in [0.717, 1.165) is 20.8 Å². The highest BCUT2D eigenvalue weighted by atomic mass is 32.1. The van der Waals surface area contributed by atoms with E-state index in [9.17, 15) is 4.39 Å². The van der Waals surface area contributed by atoms with Crippen LogP contribution in [0.2, 0.25) is 0 Å². The Kier molecular flexibility index (Phi) is 4.82. The number of aliphatic hydroxyl groups is 1. The van der Waals surface area contributed by atoms with E-state index in [1.807, 2.05) is 19.1 Å². The van der Waals surface area contributed by atoms with E-state index in [2.05, 4.69) is 15.0 Å². The molecule has 0 aliphatic heterocycles. The van der Waals surface area contributed by atoms with Crippen LogP contribution in [0, 0.1) is 12.7 Å². The van der Waals surface area contributed by atoms with Gasteiger partial charge in [0.05, 0.1) is 41.2 Å². The fourth-order valence-corrected chi connectivity index (χ4v) is 3.89. The number of fused-ring (bicyclic) bond motifs is 2. The van der Waals surface area contributed by atoms with Gasteiger partial charge < -0.3 is 14.6 Å². The van der Waals surface area contributed by atoms with Crippen LogP contribution in [0.3, 0.4) is 0 Å². The summed E-state index contributed by atoms with van der Waals surface area (Å²) in [6, 6.07) is 6.89. The van der Waals surface area contributed by atoms with Crippen molar-refractivity contribution in [3.05, 3.63) is 41.8 Å². The lowest BCUT2D eigenvalue weighted by molar-refractivity contribution is 0.125. The molecular formula is C20H18FN3O3S. The Balaban J connectivity index is 1.85. The average Bonchev–Trinajstić information content (AvgIpc) is 3.09. The number of hydrogen-bond acceptors (Lipinski definition) is 7. The summed E-state index contributed by atoms with van der Waals surface area (Å²) in [4.78, 5) is 13.5. The van der Waals surface area contributed by atoms with Crippen LogP contribution in [0.4, 0.5) is 4.39 Å². The minimum atomic E-state index is -0.511. The first-order valence-electron chi connectivity index (χ1n) is 8.68. The molecule has 8 heteroatoms. The van der Waals surface area contributed by atoms with Gasteiger partial charge in [-0.1, -0.05) is 0 Å². The maximum Gasteiger partial charge on any atom is 0.232 e. The molecule has 2 aromatic heterocycles. The van der Waals surface area contributed by atoms with Crippen molar-refractivity contribution in [2.75, 3.05) is 13.7 Å². The second-order valence-electron chi connectivity index (χ2n) is 6.47. The number of rotatable bonds is 5. The van der Waals surface area contributed by atoms with Crippen molar-refractivity contribution in [2.24, 2.45) is 0 Å². The molecule has 2 heterocycles. The van der Waals surface area contributed by atoms with Crippen LogP contribution in [0.1, 0.15) is 12.5 Å². The normalized spacial score (nSPS) is 12.5. The molecule has 4 rings (SSSR count). The fraction of sp³-hybridized carbons (Fsp3) is 0.250. The van der Waals surface area contributed by atoms with Crippen molar-refractivity contribution in [2.45, 2.75) is 20.0 Å². The molecule has 28 heavy (non-hydrogen) atoms. The van der Waals surface area contributed by atoms with Crippen molar-refractivity contribution >= 4 is 32.6 Å². The molecule has 6 nitrogen and oxygen atoms in total. The zero-order valence-electron chi connectivity index (χ0n) is 15.6. The summed E-state index contributed by atoms with van der Waals surface area (Å²) in [6.07, 6.45) is 1.07. The van der Waals surface area contributed by atoms with Gasteiger partial charge >= 0.3 is 0 Å². The summed E-state index contributed by atoms with van der Waals surface area (Å²) in [5.41, 5.74) is 3.80. The van der Waals surface area contributed by atoms with E-state index in [1.54, 1.807) is 26.3 Å². The molecular weight excluding hydrogens is 381 g/mol. The lowest BCUT2D eigenvalue weighted by Crippen LogP contribution is -2.16. The predicted octanol–water partition coefficient (Wildman–Crippen LogP) is 4.12. The molecule has 0 saturated heterocycles. The molecule has 1 N–H and O–H groups in total. The largest absolute Gasteiger partial charge is 0.485 e. The quantitative estimate of drug-likeness (QED) is 0.544. The summed E-state index contributed by atoms with van der Waals surface area (Å²) >= 11 is 1.42. The molecule has 0 unspecified atom stereocenters. The van der Waals surface area contributed by atoms with Crippen molar-refractivity contribution in [1.29, 1.82) is 0 Å². The molecule has 1 atom stereocenters. The second-order valence-corrected chi connectivity index (χ2v) is 7.50. The number of aliphatic hydroxyl groups excluding tert-OH is 1. The van der Waals surface area contributed by atoms with Gasteiger partial charge in [-0.2, -0.15) is 0 Å². The number of methoxy groups -OCH3 is 1. The Morgan fingerprint density at radius 1 is 1.18 bits per heavy atom. The van der Waals surface area contributed by atoms with Gasteiger partial charge in [-0.05, 0) is 31.5 Å². The van der Waals surface area contributed by atoms with E-state index in [0.29, 0.717) is 22.4 Å². The summed E-state index contributed by atoms with van der Waals surface area (Å²) in [7, 11) is 1.55. The number of halogens is 1. The highest BCUT2D eigenvalue weighted by molar-refractivity contribution is 7.21. The van der Waals surface area contributed by atoms with E-state index in [4.69, 9.17) is 14.6 Å². The third-order valence-electron chi connectivity index (χ3n) is 4.24. The molecule has 0 spiro atoms. The third-order valence-corrected chi connectivity index (χ3v) is 5.29. The van der Waals surface area contributed by atoms with E-state index in [-0.39, 0.29) is 12.4 Å². The monoisotopic (exact) mass is 399 g/mol. The van der Waals surface area contributed by atoms with Crippen LogP contribution in [-0.4, -0.2) is 39.9 Å². The minimum absolute atomic E-state index is 0.0999. The minimum Gasteiger partial charge on any atom is -0.485 e. The smallest absolute Gasteiger partial charge is 0.232 e. The standard InChI is InChI=1S/C20H18FN3O3S/c1-10-4-12(19-15(5-10)23-18(26-3)8-22-19)20-24-14-6-13(21)16(7-17(14)28-20)27-11(2)9-25/h4-8,11,25H,9H2,1-3H3/t11-/m0/s1. The lowest BCUT2D eigenvalue weighted by Gasteiger charge is -2.12. The van der Waals surface area contributed by atoms with Gasteiger partial charge in [0.1, 0.15) is 11.1 Å². The van der Waals surface area contributed by atoms with Gasteiger partial charge in [0.25, 0.3) is 0 Å². The summed E-state index contributed by atoms with van der Waals surface area (Å²) in [6.45, 7) is 3.45. The maximum absolute atomic E-state index is 14.4. The third kappa shape index (κ3) is 3.36. The zero-order valence-corrected chi connectivity index (χ0v) is 16.4. The molecule has 4 aromatic rings. The first-order valence-corrected chi connectivity index (χ1v) is 9.49. The van der Waals surface area contributed by atoms with Crippen LogP contribution in [-0.2, 0) is 0 Å². The Labute approximate surface area is 164 Å². The van der Waals surface area contributed by atoms with Gasteiger partial charge in [0.15, 0.2) is 11.6 Å². The molecule has 0 amide bonds. The van der Waals surface area contributed by atoms with Crippen LogP contribution in [0.5, 0.6) is 11.6 Å². The molecule has 0 bridgehead atoms. The Morgan fingerprint density at radius 3 is 2.75 bits per heavy atom. The number of benzene rings is 2. The van der Waals surface area contributed by atoms with Gasteiger partial charge in [0, 0.05) is 17.7 Å². The Hall–Kier alpha value is -2.84. The molecule has 144 valence electrons. The number of aryl methyl sites for hydroxylation is 1. The van der Waals surface area contributed by atoms with E-state index < -0.39 is 11.9 Å². The number of ether oxygens (including phenoxy) is 2. The fourth-order valence-electron chi connectivity index (χ4n) is 2.90. The van der Waals surface area contributed by atoms with Crippen LogP contribution in [0.25, 0.3) is 31.8 Å². The zero-order chi connectivity index (χ0) is 19.8. The number of aromatic nitrogens is 3. The Bertz CT molecular complexity index is 1180. The van der Waals surface area contributed by atoms with Crippen molar-refractivity contribution in [1.82, 2.24) is 15.0 Å². The second kappa shape index (κ2) is 7.29. The highest BCUT2D eigenvalue weighted by Crippen LogP contribution is 2.37. The van der Waals surface area contributed by atoms with Crippen molar-refractivity contribution in [3.8, 4) is 22.2 Å². The number of hydrogen-bond donors (Lipinski definition) is 1. The van der Waals surface area contributed by atoms with Crippen LogP contribution < -0.4 is 9.47 Å². The topological polar surface area (TPSA) is 77.4 Å². The number of thiazole rings is 1. The van der Waals surface area contributed by atoms with Crippen molar-refractivity contribution < 1.29 is 19.0 Å². The van der Waals surface area contributed by atoms with Crippen LogP contribution in [0.15, 0.2) is 30.5 Å². The van der Waals surface area contributed by atoms with Crippen molar-refractivity contribution in [3.63, 3.8) is 0 Å². The summed E-state index contributed by atoms with van der Waals surface area (Å²) in [5.74, 6) is 0.0290.